The van der Waals surface area contributed by atoms with Crippen LogP contribution in [0.3, 0.4) is 0 Å². The van der Waals surface area contributed by atoms with Gasteiger partial charge in [-0.05, 0) is 27.7 Å². The van der Waals surface area contributed by atoms with Gasteiger partial charge >= 0.3 is 0 Å². The van der Waals surface area contributed by atoms with Gasteiger partial charge in [0.05, 0.1) is 11.2 Å². The fraction of sp³-hybridized carbons (Fsp3) is 0.818. The molecule has 0 unspecified atom stereocenters. The first-order chi connectivity index (χ1) is 8.31. The number of hydrogen-bond acceptors (Lipinski definition) is 7. The van der Waals surface area contributed by atoms with Crippen LogP contribution < -0.4 is 11.3 Å². The van der Waals surface area contributed by atoms with E-state index in [-0.39, 0.29) is 11.2 Å². The summed E-state index contributed by atoms with van der Waals surface area (Å²) in [5.41, 5.74) is 3.24. The predicted octanol–water partition coefficient (Wildman–Crippen LogP) is 1.21. The lowest BCUT2D eigenvalue weighted by atomic mass is 9.99. The van der Waals surface area contributed by atoms with Gasteiger partial charge in [0.1, 0.15) is 10.7 Å². The van der Waals surface area contributed by atoms with Crippen molar-refractivity contribution in [1.82, 2.24) is 14.5 Å². The summed E-state index contributed by atoms with van der Waals surface area (Å²) < 4.78 is 9.97. The zero-order chi connectivity index (χ0) is 13.4. The van der Waals surface area contributed by atoms with Crippen LogP contribution in [0.25, 0.3) is 0 Å². The van der Waals surface area contributed by atoms with Crippen molar-refractivity contribution in [2.24, 2.45) is 5.84 Å². The van der Waals surface area contributed by atoms with Crippen molar-refractivity contribution in [3.05, 3.63) is 5.69 Å². The van der Waals surface area contributed by atoms with Crippen LogP contribution in [0.5, 0.6) is 0 Å². The molecule has 1 aliphatic rings. The van der Waals surface area contributed by atoms with E-state index in [0.29, 0.717) is 0 Å². The molecular weight excluding hydrogens is 250 g/mol. The van der Waals surface area contributed by atoms with Crippen molar-refractivity contribution in [2.75, 3.05) is 18.5 Å². The lowest BCUT2D eigenvalue weighted by molar-refractivity contribution is -0.182. The first kappa shape index (κ1) is 13.7. The predicted molar refractivity (Wildman–Crippen MR) is 72.2 cm³/mol. The molecule has 0 saturated carbocycles. The molecule has 102 valence electrons. The summed E-state index contributed by atoms with van der Waals surface area (Å²) >= 11 is 1.28. The first-order valence-corrected chi connectivity index (χ1v) is 6.79. The fourth-order valence-electron chi connectivity index (χ4n) is 2.69. The Kier molecular flexibility index (Phi) is 3.59. The van der Waals surface area contributed by atoms with E-state index in [4.69, 9.17) is 10.6 Å². The topological polar surface area (TPSA) is 76.3 Å². The Labute approximate surface area is 112 Å². The number of aromatic nitrogens is 2. The minimum atomic E-state index is -0.151. The van der Waals surface area contributed by atoms with Gasteiger partial charge in [-0.2, -0.15) is 0 Å². The van der Waals surface area contributed by atoms with E-state index in [1.165, 1.54) is 11.5 Å². The number of nitrogen functional groups attached to an aromatic ring is 1. The van der Waals surface area contributed by atoms with Crippen molar-refractivity contribution >= 4 is 16.5 Å². The third kappa shape index (κ3) is 3.17. The number of nitrogens with one attached hydrogen (secondary N) is 1. The second-order valence-corrected chi connectivity index (χ2v) is 6.71. The van der Waals surface area contributed by atoms with Gasteiger partial charge in [-0.15, -0.1) is 5.10 Å². The van der Waals surface area contributed by atoms with Crippen molar-refractivity contribution in [3.8, 4) is 0 Å². The molecule has 7 heteroatoms. The van der Waals surface area contributed by atoms with E-state index in [2.05, 4.69) is 47.6 Å². The van der Waals surface area contributed by atoms with Crippen LogP contribution in [-0.2, 0) is 11.3 Å². The van der Waals surface area contributed by atoms with Crippen molar-refractivity contribution in [1.29, 1.82) is 0 Å². The zero-order valence-corrected chi connectivity index (χ0v) is 12.2. The highest BCUT2D eigenvalue weighted by molar-refractivity contribution is 7.10. The fourth-order valence-corrected chi connectivity index (χ4v) is 3.18. The van der Waals surface area contributed by atoms with Crippen LogP contribution in [0.4, 0.5) is 5.00 Å². The van der Waals surface area contributed by atoms with Crippen molar-refractivity contribution in [3.63, 3.8) is 0 Å². The molecule has 0 atom stereocenters. The molecule has 18 heavy (non-hydrogen) atoms. The van der Waals surface area contributed by atoms with Gasteiger partial charge in [0.15, 0.2) is 0 Å². The summed E-state index contributed by atoms with van der Waals surface area (Å²) in [7, 11) is 0. The molecule has 2 heterocycles. The molecule has 1 aromatic heterocycles. The summed E-state index contributed by atoms with van der Waals surface area (Å²) in [5.74, 6) is 5.44. The smallest absolute Gasteiger partial charge is 0.148 e. The molecule has 0 aliphatic carbocycles. The Balaban J connectivity index is 2.09. The SMILES string of the molecule is CC1(C)CN(Cc2nnsc2NN)CC(C)(C)O1. The summed E-state index contributed by atoms with van der Waals surface area (Å²) in [4.78, 5) is 2.33. The molecule has 1 aromatic rings. The van der Waals surface area contributed by atoms with Gasteiger partial charge in [-0.25, -0.2) is 5.84 Å². The van der Waals surface area contributed by atoms with Crippen molar-refractivity contribution < 1.29 is 4.74 Å². The van der Waals surface area contributed by atoms with Crippen LogP contribution in [0.15, 0.2) is 0 Å². The normalized spacial score (nSPS) is 22.9. The Morgan fingerprint density at radius 3 is 2.50 bits per heavy atom. The number of rotatable bonds is 3. The van der Waals surface area contributed by atoms with E-state index < -0.39 is 0 Å². The van der Waals surface area contributed by atoms with Crippen molar-refractivity contribution in [2.45, 2.75) is 45.4 Å². The van der Waals surface area contributed by atoms with Crippen LogP contribution in [0, 0.1) is 0 Å². The molecule has 0 aromatic carbocycles. The highest BCUT2D eigenvalue weighted by atomic mass is 32.1. The third-order valence-electron chi connectivity index (χ3n) is 2.82. The Morgan fingerprint density at radius 1 is 1.33 bits per heavy atom. The third-order valence-corrected chi connectivity index (χ3v) is 3.52. The Bertz CT molecular complexity index is 401. The quantitative estimate of drug-likeness (QED) is 0.636. The van der Waals surface area contributed by atoms with Gasteiger partial charge < -0.3 is 10.2 Å². The van der Waals surface area contributed by atoms with Crippen LogP contribution in [0.1, 0.15) is 33.4 Å². The number of nitrogens with zero attached hydrogens (tertiary/aromatic N) is 3. The Hall–Kier alpha value is -0.760. The molecule has 0 spiro atoms. The zero-order valence-electron chi connectivity index (χ0n) is 11.4. The van der Waals surface area contributed by atoms with E-state index in [9.17, 15) is 0 Å². The summed E-state index contributed by atoms with van der Waals surface area (Å²) in [5, 5.41) is 4.95. The number of hydrazine groups is 1. The van der Waals surface area contributed by atoms with Gasteiger partial charge in [0.25, 0.3) is 0 Å². The lowest BCUT2D eigenvalue weighted by Gasteiger charge is -2.47. The highest BCUT2D eigenvalue weighted by Crippen LogP contribution is 2.29. The van der Waals surface area contributed by atoms with Gasteiger partial charge in [-0.1, -0.05) is 4.49 Å². The minimum Gasteiger partial charge on any atom is -0.367 e. The molecule has 1 saturated heterocycles. The molecule has 1 fully saturated rings. The summed E-state index contributed by atoms with van der Waals surface area (Å²) in [6.07, 6.45) is 0. The molecule has 6 nitrogen and oxygen atoms in total. The van der Waals surface area contributed by atoms with Gasteiger partial charge in [0, 0.05) is 31.2 Å². The monoisotopic (exact) mass is 271 g/mol. The standard InChI is InChI=1S/C11H21N5OS/c1-10(2)6-16(7-11(3,4)17-10)5-8-9(13-12)18-15-14-8/h13H,5-7,12H2,1-4H3. The van der Waals surface area contributed by atoms with Crippen LogP contribution in [-0.4, -0.2) is 38.8 Å². The largest absolute Gasteiger partial charge is 0.367 e. The second kappa shape index (κ2) is 4.73. The number of anilines is 1. The molecular formula is C11H21N5OS. The van der Waals surface area contributed by atoms with Crippen LogP contribution >= 0.6 is 11.5 Å². The molecule has 1 aliphatic heterocycles. The molecule has 0 radical (unpaired) electrons. The van der Waals surface area contributed by atoms with E-state index >= 15 is 0 Å². The van der Waals surface area contributed by atoms with Gasteiger partial charge in [-0.3, -0.25) is 4.90 Å². The van der Waals surface area contributed by atoms with E-state index in [0.717, 1.165) is 30.3 Å². The average molecular weight is 271 g/mol. The van der Waals surface area contributed by atoms with Crippen LogP contribution in [0.2, 0.25) is 0 Å². The van der Waals surface area contributed by atoms with E-state index in [1.54, 1.807) is 0 Å². The lowest BCUT2D eigenvalue weighted by Crippen LogP contribution is -2.56. The van der Waals surface area contributed by atoms with Gasteiger partial charge in [0.2, 0.25) is 0 Å². The van der Waals surface area contributed by atoms with E-state index in [1.807, 2.05) is 0 Å². The average Bonchev–Trinajstić information content (AvgIpc) is 2.59. The molecule has 0 amide bonds. The number of ether oxygens (including phenoxy) is 1. The molecule has 2 rings (SSSR count). The summed E-state index contributed by atoms with van der Waals surface area (Å²) in [6.45, 7) is 10.9. The first-order valence-electron chi connectivity index (χ1n) is 6.02. The molecule has 3 N–H and O–H groups in total. The second-order valence-electron chi connectivity index (χ2n) is 5.96. The maximum atomic E-state index is 6.05. The maximum Gasteiger partial charge on any atom is 0.148 e. The minimum absolute atomic E-state index is 0.151. The number of hydrogen-bond donors (Lipinski definition) is 2. The molecule has 0 bridgehead atoms. The maximum absolute atomic E-state index is 6.05. The highest BCUT2D eigenvalue weighted by Gasteiger charge is 2.38. The summed E-state index contributed by atoms with van der Waals surface area (Å²) in [6, 6.07) is 0. The number of morpholine rings is 1. The Morgan fingerprint density at radius 2 is 1.94 bits per heavy atom. The number of nitrogens with two attached hydrogens (primary N) is 1.